The lowest BCUT2D eigenvalue weighted by molar-refractivity contribution is -0.384. The average Bonchev–Trinajstić information content (AvgIpc) is 2.96. The van der Waals surface area contributed by atoms with E-state index in [-0.39, 0.29) is 24.0 Å². The summed E-state index contributed by atoms with van der Waals surface area (Å²) in [6.45, 7) is 3.21. The number of carbonyl (C=O) groups is 2. The number of carbonyl (C=O) groups excluding carboxylic acids is 2. The lowest BCUT2D eigenvalue weighted by Crippen LogP contribution is -2.31. The Kier molecular flexibility index (Phi) is 6.15. The normalized spacial score (nSPS) is 16.6. The molecule has 1 heterocycles. The van der Waals surface area contributed by atoms with Gasteiger partial charge in [-0.05, 0) is 13.0 Å². The number of amides is 1. The topological polar surface area (TPSA) is 111 Å². The van der Waals surface area contributed by atoms with Crippen molar-refractivity contribution in [3.05, 3.63) is 28.3 Å². The third-order valence-corrected chi connectivity index (χ3v) is 3.93. The van der Waals surface area contributed by atoms with Crippen LogP contribution in [0.3, 0.4) is 0 Å². The van der Waals surface area contributed by atoms with Crippen LogP contribution < -0.4 is 10.1 Å². The van der Waals surface area contributed by atoms with Crippen molar-refractivity contribution in [2.45, 2.75) is 13.3 Å². The summed E-state index contributed by atoms with van der Waals surface area (Å²) in [5.41, 5.74) is 0.538. The predicted molar refractivity (Wildman–Crippen MR) is 89.5 cm³/mol. The molecule has 0 spiro atoms. The highest BCUT2D eigenvalue weighted by atomic mass is 16.6. The van der Waals surface area contributed by atoms with Gasteiger partial charge in [0.1, 0.15) is 5.75 Å². The van der Waals surface area contributed by atoms with Crippen molar-refractivity contribution in [2.24, 2.45) is 5.92 Å². The maximum atomic E-state index is 12.0. The van der Waals surface area contributed by atoms with Crippen molar-refractivity contribution >= 4 is 23.3 Å². The van der Waals surface area contributed by atoms with E-state index in [4.69, 9.17) is 9.47 Å². The van der Waals surface area contributed by atoms with Gasteiger partial charge in [0.15, 0.2) is 0 Å². The fourth-order valence-corrected chi connectivity index (χ4v) is 2.67. The first kappa shape index (κ1) is 18.5. The molecule has 136 valence electrons. The first-order valence-corrected chi connectivity index (χ1v) is 7.97. The van der Waals surface area contributed by atoms with Gasteiger partial charge in [-0.3, -0.25) is 19.7 Å². The number of benzene rings is 1. The standard InChI is InChI=1S/C16H21N3O6/c1-3-25-16(21)11-8-15(20)18(10-11)7-6-17-13-5-4-12(19(22)23)9-14(13)24-2/h4-5,9,11,17H,3,6-8,10H2,1-2H3/t11-/m1/s1. The van der Waals surface area contributed by atoms with E-state index in [1.807, 2.05) is 0 Å². The molecule has 1 atom stereocenters. The molecule has 1 saturated heterocycles. The van der Waals surface area contributed by atoms with E-state index in [0.29, 0.717) is 37.7 Å². The van der Waals surface area contributed by atoms with Crippen molar-refractivity contribution in [3.63, 3.8) is 0 Å². The lowest BCUT2D eigenvalue weighted by atomic mass is 10.1. The summed E-state index contributed by atoms with van der Waals surface area (Å²) < 4.78 is 10.1. The number of nitrogens with zero attached hydrogens (tertiary/aromatic N) is 2. The SMILES string of the molecule is CCOC(=O)[C@@H]1CC(=O)N(CCNc2ccc([N+](=O)[O-])cc2OC)C1. The van der Waals surface area contributed by atoms with Crippen LogP contribution in [0.5, 0.6) is 5.75 Å². The summed E-state index contributed by atoms with van der Waals surface area (Å²) in [5.74, 6) is -0.494. The van der Waals surface area contributed by atoms with Crippen LogP contribution in [-0.2, 0) is 14.3 Å². The van der Waals surface area contributed by atoms with Crippen molar-refractivity contribution in [1.82, 2.24) is 4.90 Å². The van der Waals surface area contributed by atoms with Crippen molar-refractivity contribution in [2.75, 3.05) is 38.7 Å². The van der Waals surface area contributed by atoms with Crippen LogP contribution in [0.4, 0.5) is 11.4 Å². The molecule has 0 saturated carbocycles. The van der Waals surface area contributed by atoms with Crippen LogP contribution in [0, 0.1) is 16.0 Å². The molecule has 1 aliphatic rings. The Labute approximate surface area is 145 Å². The number of nitrogens with one attached hydrogen (secondary N) is 1. The van der Waals surface area contributed by atoms with E-state index in [1.54, 1.807) is 17.9 Å². The molecule has 9 heteroatoms. The van der Waals surface area contributed by atoms with Gasteiger partial charge in [-0.1, -0.05) is 0 Å². The Bertz CT molecular complexity index is 663. The van der Waals surface area contributed by atoms with E-state index in [9.17, 15) is 19.7 Å². The predicted octanol–water partition coefficient (Wildman–Crippen LogP) is 1.43. The number of likely N-dealkylation sites (tertiary alicyclic amines) is 1. The first-order chi connectivity index (χ1) is 12.0. The molecule has 0 radical (unpaired) electrons. The summed E-state index contributed by atoms with van der Waals surface area (Å²) in [5, 5.41) is 13.9. The Morgan fingerprint density at radius 1 is 1.48 bits per heavy atom. The number of non-ortho nitro benzene ring substituents is 1. The number of esters is 1. The fraction of sp³-hybridized carbons (Fsp3) is 0.500. The second kappa shape index (κ2) is 8.32. The average molecular weight is 351 g/mol. The Morgan fingerprint density at radius 2 is 2.24 bits per heavy atom. The van der Waals surface area contributed by atoms with Gasteiger partial charge in [0.25, 0.3) is 5.69 Å². The number of rotatable bonds is 8. The molecule has 0 aliphatic carbocycles. The van der Waals surface area contributed by atoms with Gasteiger partial charge >= 0.3 is 5.97 Å². The monoisotopic (exact) mass is 351 g/mol. The minimum absolute atomic E-state index is 0.0607. The zero-order chi connectivity index (χ0) is 18.4. The number of hydrogen-bond donors (Lipinski definition) is 1. The zero-order valence-corrected chi connectivity index (χ0v) is 14.2. The smallest absolute Gasteiger partial charge is 0.311 e. The molecule has 1 N–H and O–H groups in total. The van der Waals surface area contributed by atoms with Gasteiger partial charge in [-0.15, -0.1) is 0 Å². The number of nitro groups is 1. The number of ether oxygens (including phenoxy) is 2. The summed E-state index contributed by atoms with van der Waals surface area (Å²) in [6, 6.07) is 4.27. The van der Waals surface area contributed by atoms with Gasteiger partial charge in [0.05, 0.1) is 36.3 Å². The summed E-state index contributed by atoms with van der Waals surface area (Å²) in [7, 11) is 1.43. The molecular formula is C16H21N3O6. The minimum atomic E-state index is -0.495. The molecule has 1 aliphatic heterocycles. The van der Waals surface area contributed by atoms with Crippen LogP contribution in [0.15, 0.2) is 18.2 Å². The first-order valence-electron chi connectivity index (χ1n) is 7.97. The number of methoxy groups -OCH3 is 1. The highest BCUT2D eigenvalue weighted by molar-refractivity contribution is 5.86. The molecule has 0 aromatic heterocycles. The van der Waals surface area contributed by atoms with Gasteiger partial charge in [0, 0.05) is 32.1 Å². The van der Waals surface area contributed by atoms with Crippen LogP contribution in [0.1, 0.15) is 13.3 Å². The molecule has 25 heavy (non-hydrogen) atoms. The summed E-state index contributed by atoms with van der Waals surface area (Å²) >= 11 is 0. The quantitative estimate of drug-likeness (QED) is 0.428. The highest BCUT2D eigenvalue weighted by Crippen LogP contribution is 2.29. The van der Waals surface area contributed by atoms with Crippen molar-refractivity contribution in [3.8, 4) is 5.75 Å². The Morgan fingerprint density at radius 3 is 2.88 bits per heavy atom. The maximum absolute atomic E-state index is 12.0. The van der Waals surface area contributed by atoms with E-state index in [1.165, 1.54) is 19.2 Å². The van der Waals surface area contributed by atoms with Crippen LogP contribution in [0.25, 0.3) is 0 Å². The molecule has 9 nitrogen and oxygen atoms in total. The molecule has 0 unspecified atom stereocenters. The van der Waals surface area contributed by atoms with Crippen LogP contribution >= 0.6 is 0 Å². The van der Waals surface area contributed by atoms with Crippen LogP contribution in [0.2, 0.25) is 0 Å². The highest BCUT2D eigenvalue weighted by Gasteiger charge is 2.34. The number of nitro benzene ring substituents is 1. The van der Waals surface area contributed by atoms with Gasteiger partial charge in [0.2, 0.25) is 5.91 Å². The second-order valence-electron chi connectivity index (χ2n) is 5.56. The van der Waals surface area contributed by atoms with E-state index in [2.05, 4.69) is 5.32 Å². The molecular weight excluding hydrogens is 330 g/mol. The fourth-order valence-electron chi connectivity index (χ4n) is 2.67. The van der Waals surface area contributed by atoms with E-state index in [0.717, 1.165) is 0 Å². The number of hydrogen-bond acceptors (Lipinski definition) is 7. The molecule has 0 bridgehead atoms. The van der Waals surface area contributed by atoms with Gasteiger partial charge in [-0.2, -0.15) is 0 Å². The maximum Gasteiger partial charge on any atom is 0.311 e. The largest absolute Gasteiger partial charge is 0.494 e. The zero-order valence-electron chi connectivity index (χ0n) is 14.2. The molecule has 1 fully saturated rings. The van der Waals surface area contributed by atoms with Crippen molar-refractivity contribution in [1.29, 1.82) is 0 Å². The van der Waals surface area contributed by atoms with Crippen molar-refractivity contribution < 1.29 is 24.0 Å². The lowest BCUT2D eigenvalue weighted by Gasteiger charge is -2.18. The van der Waals surface area contributed by atoms with Gasteiger partial charge < -0.3 is 19.7 Å². The molecule has 1 amide bonds. The third kappa shape index (κ3) is 4.59. The van der Waals surface area contributed by atoms with Gasteiger partial charge in [-0.25, -0.2) is 0 Å². The minimum Gasteiger partial charge on any atom is -0.494 e. The second-order valence-corrected chi connectivity index (χ2v) is 5.56. The molecule has 2 rings (SSSR count). The third-order valence-electron chi connectivity index (χ3n) is 3.93. The van der Waals surface area contributed by atoms with Crippen LogP contribution in [-0.4, -0.2) is 55.1 Å². The molecule has 1 aromatic carbocycles. The Hall–Kier alpha value is -2.84. The van der Waals surface area contributed by atoms with E-state index < -0.39 is 10.8 Å². The summed E-state index contributed by atoms with van der Waals surface area (Å²) in [6.07, 6.45) is 0.166. The molecule has 1 aromatic rings. The Balaban J connectivity index is 1.89. The summed E-state index contributed by atoms with van der Waals surface area (Å²) in [4.78, 5) is 35.6. The number of anilines is 1. The van der Waals surface area contributed by atoms with E-state index >= 15 is 0 Å².